The molecule has 0 saturated carbocycles. The van der Waals surface area contributed by atoms with Crippen LogP contribution in [0, 0.1) is 11.6 Å². The van der Waals surface area contributed by atoms with Gasteiger partial charge in [0.15, 0.2) is 0 Å². The second-order valence-corrected chi connectivity index (χ2v) is 5.82. The predicted molar refractivity (Wildman–Crippen MR) is 80.5 cm³/mol. The SMILES string of the molecule is C[C@H]1Cc2ccc(Cc3cc(F)ccc3F)cc2CCN1. The van der Waals surface area contributed by atoms with Gasteiger partial charge in [-0.15, -0.1) is 0 Å². The van der Waals surface area contributed by atoms with Crippen LogP contribution < -0.4 is 5.32 Å². The van der Waals surface area contributed by atoms with Gasteiger partial charge in [-0.1, -0.05) is 18.2 Å². The van der Waals surface area contributed by atoms with Gasteiger partial charge in [-0.2, -0.15) is 0 Å². The van der Waals surface area contributed by atoms with E-state index in [0.29, 0.717) is 18.0 Å². The van der Waals surface area contributed by atoms with Crippen LogP contribution in [0.5, 0.6) is 0 Å². The monoisotopic (exact) mass is 287 g/mol. The minimum Gasteiger partial charge on any atom is -0.314 e. The van der Waals surface area contributed by atoms with Crippen LogP contribution in [0.25, 0.3) is 0 Å². The zero-order chi connectivity index (χ0) is 14.8. The molecular formula is C18H19F2N. The highest BCUT2D eigenvalue weighted by molar-refractivity contribution is 5.36. The highest BCUT2D eigenvalue weighted by atomic mass is 19.1. The predicted octanol–water partition coefficient (Wildman–Crippen LogP) is 3.63. The van der Waals surface area contributed by atoms with Gasteiger partial charge < -0.3 is 5.32 Å². The number of hydrogen-bond donors (Lipinski definition) is 1. The molecule has 0 radical (unpaired) electrons. The summed E-state index contributed by atoms with van der Waals surface area (Å²) in [6.45, 7) is 3.15. The van der Waals surface area contributed by atoms with E-state index in [4.69, 9.17) is 0 Å². The molecule has 0 amide bonds. The maximum absolute atomic E-state index is 13.7. The standard InChI is InChI=1S/C18H19F2N/c1-12-8-14-3-2-13(9-15(14)6-7-21-12)10-16-11-17(19)4-5-18(16)20/h2-5,9,11-12,21H,6-8,10H2,1H3/t12-/m0/s1. The van der Waals surface area contributed by atoms with Crippen LogP contribution >= 0.6 is 0 Å². The Labute approximate surface area is 124 Å². The Morgan fingerprint density at radius 3 is 2.81 bits per heavy atom. The van der Waals surface area contributed by atoms with Crippen molar-refractivity contribution in [1.29, 1.82) is 0 Å². The smallest absolute Gasteiger partial charge is 0.126 e. The molecule has 1 aliphatic rings. The molecule has 0 fully saturated rings. The number of benzene rings is 2. The zero-order valence-electron chi connectivity index (χ0n) is 12.1. The van der Waals surface area contributed by atoms with Crippen LogP contribution in [0.1, 0.15) is 29.2 Å². The van der Waals surface area contributed by atoms with Gasteiger partial charge in [-0.05, 0) is 66.8 Å². The summed E-state index contributed by atoms with van der Waals surface area (Å²) in [5, 5.41) is 3.47. The van der Waals surface area contributed by atoms with Crippen molar-refractivity contribution >= 4 is 0 Å². The van der Waals surface area contributed by atoms with E-state index in [1.807, 2.05) is 6.07 Å². The van der Waals surface area contributed by atoms with E-state index < -0.39 is 0 Å². The molecule has 1 atom stereocenters. The summed E-state index contributed by atoms with van der Waals surface area (Å²) in [6, 6.07) is 10.4. The molecule has 2 aromatic rings. The first-order valence-electron chi connectivity index (χ1n) is 7.40. The molecule has 110 valence electrons. The Kier molecular flexibility index (Phi) is 4.02. The third-order valence-corrected chi connectivity index (χ3v) is 4.09. The number of fused-ring (bicyclic) bond motifs is 1. The lowest BCUT2D eigenvalue weighted by molar-refractivity contribution is 0.568. The largest absolute Gasteiger partial charge is 0.314 e. The van der Waals surface area contributed by atoms with Crippen molar-refractivity contribution in [2.24, 2.45) is 0 Å². The summed E-state index contributed by atoms with van der Waals surface area (Å²) in [4.78, 5) is 0. The number of nitrogens with one attached hydrogen (secondary N) is 1. The lowest BCUT2D eigenvalue weighted by atomic mass is 9.95. The van der Waals surface area contributed by atoms with Crippen molar-refractivity contribution in [3.63, 3.8) is 0 Å². The van der Waals surface area contributed by atoms with E-state index in [-0.39, 0.29) is 11.6 Å². The van der Waals surface area contributed by atoms with Crippen LogP contribution in [-0.2, 0) is 19.3 Å². The molecule has 1 aliphatic heterocycles. The normalized spacial score (nSPS) is 18.1. The van der Waals surface area contributed by atoms with Crippen LogP contribution in [0.3, 0.4) is 0 Å². The fraction of sp³-hybridized carbons (Fsp3) is 0.333. The molecule has 1 heterocycles. The minimum absolute atomic E-state index is 0.346. The number of halogens is 2. The quantitative estimate of drug-likeness (QED) is 0.889. The summed E-state index contributed by atoms with van der Waals surface area (Å²) < 4.78 is 27.0. The van der Waals surface area contributed by atoms with Gasteiger partial charge in [0.2, 0.25) is 0 Å². The number of rotatable bonds is 2. The maximum Gasteiger partial charge on any atom is 0.126 e. The van der Waals surface area contributed by atoms with Crippen molar-refractivity contribution in [3.05, 3.63) is 70.3 Å². The summed E-state index contributed by atoms with van der Waals surface area (Å²) in [6.07, 6.45) is 2.43. The van der Waals surface area contributed by atoms with Gasteiger partial charge in [0.25, 0.3) is 0 Å². The molecule has 0 spiro atoms. The van der Waals surface area contributed by atoms with Gasteiger partial charge in [0.1, 0.15) is 11.6 Å². The second kappa shape index (κ2) is 5.94. The minimum atomic E-state index is -0.390. The Balaban J connectivity index is 1.87. The summed E-state index contributed by atoms with van der Waals surface area (Å²) in [7, 11) is 0. The van der Waals surface area contributed by atoms with Gasteiger partial charge >= 0.3 is 0 Å². The van der Waals surface area contributed by atoms with Gasteiger partial charge in [0, 0.05) is 12.5 Å². The van der Waals surface area contributed by atoms with E-state index in [2.05, 4.69) is 24.4 Å². The highest BCUT2D eigenvalue weighted by Crippen LogP contribution is 2.21. The van der Waals surface area contributed by atoms with Crippen molar-refractivity contribution in [3.8, 4) is 0 Å². The Bertz CT molecular complexity index is 652. The van der Waals surface area contributed by atoms with Crippen LogP contribution in [0.4, 0.5) is 8.78 Å². The van der Waals surface area contributed by atoms with Crippen LogP contribution in [-0.4, -0.2) is 12.6 Å². The highest BCUT2D eigenvalue weighted by Gasteiger charge is 2.13. The van der Waals surface area contributed by atoms with Gasteiger partial charge in [-0.3, -0.25) is 0 Å². The Morgan fingerprint density at radius 1 is 1.10 bits per heavy atom. The van der Waals surface area contributed by atoms with E-state index in [1.54, 1.807) is 0 Å². The van der Waals surface area contributed by atoms with Crippen LogP contribution in [0.15, 0.2) is 36.4 Å². The fourth-order valence-corrected chi connectivity index (χ4v) is 2.98. The first-order chi connectivity index (χ1) is 10.1. The van der Waals surface area contributed by atoms with E-state index >= 15 is 0 Å². The molecule has 21 heavy (non-hydrogen) atoms. The molecule has 0 aromatic heterocycles. The molecule has 3 heteroatoms. The lowest BCUT2D eigenvalue weighted by Gasteiger charge is -2.11. The molecular weight excluding hydrogens is 268 g/mol. The van der Waals surface area contributed by atoms with Crippen molar-refractivity contribution in [2.75, 3.05) is 6.54 Å². The van der Waals surface area contributed by atoms with Crippen LogP contribution in [0.2, 0.25) is 0 Å². The third kappa shape index (κ3) is 3.30. The van der Waals surface area contributed by atoms with E-state index in [1.165, 1.54) is 23.3 Å². The lowest BCUT2D eigenvalue weighted by Crippen LogP contribution is -2.27. The molecule has 0 unspecified atom stereocenters. The molecule has 3 rings (SSSR count). The summed E-state index contributed by atoms with van der Waals surface area (Å²) in [5.41, 5.74) is 4.12. The van der Waals surface area contributed by atoms with E-state index in [9.17, 15) is 8.78 Å². The summed E-state index contributed by atoms with van der Waals surface area (Å²) in [5.74, 6) is -0.735. The average Bonchev–Trinajstić information content (AvgIpc) is 2.63. The van der Waals surface area contributed by atoms with E-state index in [0.717, 1.165) is 31.0 Å². The average molecular weight is 287 g/mol. The first-order valence-corrected chi connectivity index (χ1v) is 7.40. The molecule has 0 aliphatic carbocycles. The Morgan fingerprint density at radius 2 is 1.95 bits per heavy atom. The number of hydrogen-bond acceptors (Lipinski definition) is 1. The molecule has 1 nitrogen and oxygen atoms in total. The molecule has 0 saturated heterocycles. The first kappa shape index (κ1) is 14.2. The Hall–Kier alpha value is -1.74. The maximum atomic E-state index is 13.7. The topological polar surface area (TPSA) is 12.0 Å². The fourth-order valence-electron chi connectivity index (χ4n) is 2.98. The van der Waals surface area contributed by atoms with Crippen molar-refractivity contribution in [2.45, 2.75) is 32.2 Å². The molecule has 0 bridgehead atoms. The van der Waals surface area contributed by atoms with Crippen molar-refractivity contribution < 1.29 is 8.78 Å². The zero-order valence-corrected chi connectivity index (χ0v) is 12.1. The third-order valence-electron chi connectivity index (χ3n) is 4.09. The van der Waals surface area contributed by atoms with Gasteiger partial charge in [0.05, 0.1) is 0 Å². The molecule has 1 N–H and O–H groups in total. The van der Waals surface area contributed by atoms with Crippen molar-refractivity contribution in [1.82, 2.24) is 5.32 Å². The second-order valence-electron chi connectivity index (χ2n) is 5.82. The summed E-state index contributed by atoms with van der Waals surface area (Å²) >= 11 is 0. The molecule has 2 aromatic carbocycles. The van der Waals surface area contributed by atoms with Gasteiger partial charge in [-0.25, -0.2) is 8.78 Å².